The van der Waals surface area contributed by atoms with Crippen LogP contribution in [0.3, 0.4) is 0 Å². The van der Waals surface area contributed by atoms with Crippen molar-refractivity contribution in [1.82, 2.24) is 14.8 Å². The Bertz CT molecular complexity index is 1530. The van der Waals surface area contributed by atoms with E-state index in [1.165, 1.54) is 24.5 Å². The molecule has 1 aliphatic rings. The van der Waals surface area contributed by atoms with Crippen molar-refractivity contribution in [3.05, 3.63) is 89.6 Å². The zero-order valence-corrected chi connectivity index (χ0v) is 24.0. The van der Waals surface area contributed by atoms with Gasteiger partial charge in [-0.1, -0.05) is 25.1 Å². The first-order valence-electron chi connectivity index (χ1n) is 12.8. The van der Waals surface area contributed by atoms with Gasteiger partial charge in [0.05, 0.1) is 12.0 Å². The normalized spacial score (nSPS) is 13.5. The molecule has 41 heavy (non-hydrogen) atoms. The number of anilines is 1. The number of aromatic nitrogens is 1. The molecule has 214 valence electrons. The first-order valence-corrected chi connectivity index (χ1v) is 12.8. The third kappa shape index (κ3) is 7.23. The molecule has 2 N–H and O–H groups in total. The molecule has 8 nitrogen and oxygen atoms in total. The molecule has 1 saturated heterocycles. The minimum Gasteiger partial charge on any atom is -0.507 e. The summed E-state index contributed by atoms with van der Waals surface area (Å²) >= 11 is 0. The first-order chi connectivity index (χ1) is 18.9. The Labute approximate surface area is 250 Å². The molecular weight excluding hydrogens is 568 g/mol. The van der Waals surface area contributed by atoms with Crippen molar-refractivity contribution in [2.45, 2.75) is 13.5 Å². The van der Waals surface area contributed by atoms with Crippen molar-refractivity contribution in [3.63, 3.8) is 0 Å². The number of carbonyl (C=O) groups is 1. The van der Waals surface area contributed by atoms with Crippen LogP contribution in [-0.4, -0.2) is 58.5 Å². The third-order valence-electron chi connectivity index (χ3n) is 6.90. The number of carbonyl (C=O) groups excluding carboxylic acids is 1. The van der Waals surface area contributed by atoms with E-state index in [4.69, 9.17) is 4.42 Å². The second kappa shape index (κ2) is 14.1. The van der Waals surface area contributed by atoms with E-state index in [-0.39, 0.29) is 59.0 Å². The average Bonchev–Trinajstić information content (AvgIpc) is 3.49. The van der Waals surface area contributed by atoms with Gasteiger partial charge in [0.25, 0.3) is 5.91 Å². The molecule has 5 rings (SSSR count). The average molecular weight is 599 g/mol. The molecule has 11 heteroatoms. The fourth-order valence-corrected chi connectivity index (χ4v) is 4.77. The number of rotatable bonds is 7. The van der Waals surface area contributed by atoms with Gasteiger partial charge >= 0.3 is 0 Å². The first kappa shape index (κ1) is 31.6. The van der Waals surface area contributed by atoms with E-state index in [1.54, 1.807) is 12.1 Å². The van der Waals surface area contributed by atoms with E-state index in [9.17, 15) is 19.6 Å². The van der Waals surface area contributed by atoms with Crippen molar-refractivity contribution < 1.29 is 18.7 Å². The van der Waals surface area contributed by atoms with Crippen molar-refractivity contribution in [2.24, 2.45) is 0 Å². The Kier molecular flexibility index (Phi) is 10.9. The number of benzene rings is 2. The van der Waals surface area contributed by atoms with Crippen molar-refractivity contribution in [2.75, 3.05) is 38.0 Å². The molecule has 1 fully saturated rings. The summed E-state index contributed by atoms with van der Waals surface area (Å²) in [5, 5.41) is 23.3. The van der Waals surface area contributed by atoms with Crippen LogP contribution < -0.4 is 5.32 Å². The van der Waals surface area contributed by atoms with E-state index < -0.39 is 11.7 Å². The van der Waals surface area contributed by atoms with Crippen LogP contribution in [0.1, 0.15) is 28.6 Å². The molecule has 0 unspecified atom stereocenters. The molecule has 0 spiro atoms. The molecule has 4 aromatic rings. The maximum atomic E-state index is 13.7. The predicted octanol–water partition coefficient (Wildman–Crippen LogP) is 5.96. The Balaban J connectivity index is 0.00000231. The number of nitrogens with one attached hydrogen (secondary N) is 1. The van der Waals surface area contributed by atoms with Crippen LogP contribution in [0.15, 0.2) is 71.3 Å². The number of nitrogens with zero attached hydrogens (tertiary/aromatic N) is 4. The van der Waals surface area contributed by atoms with Crippen LogP contribution in [-0.2, 0) is 6.54 Å². The largest absolute Gasteiger partial charge is 0.507 e. The maximum absolute atomic E-state index is 13.7. The Hall–Kier alpha value is -3.94. The molecule has 2 aromatic carbocycles. The summed E-state index contributed by atoms with van der Waals surface area (Å²) in [7, 11) is 0. The molecule has 0 radical (unpaired) electrons. The summed E-state index contributed by atoms with van der Waals surface area (Å²) in [6.45, 7) is 8.01. The summed E-state index contributed by atoms with van der Waals surface area (Å²) in [5.74, 6) is -1.40. The fourth-order valence-electron chi connectivity index (χ4n) is 4.77. The SMILES string of the molecule is CCN1CCN(Cc2cccc(-c3cc(-c4ccc(F)cc4O)nc(NC(=O)c4ccco4)c3C#N)c2)CC1.Cl.Cl. The van der Waals surface area contributed by atoms with Gasteiger partial charge in [0.15, 0.2) is 11.6 Å². The zero-order chi connectivity index (χ0) is 27.4. The number of aromatic hydroxyl groups is 1. The highest BCUT2D eigenvalue weighted by Crippen LogP contribution is 2.36. The highest BCUT2D eigenvalue weighted by atomic mass is 35.5. The monoisotopic (exact) mass is 597 g/mol. The van der Waals surface area contributed by atoms with Gasteiger partial charge in [0.1, 0.15) is 23.2 Å². The molecular formula is C30H30Cl2FN5O3. The minimum absolute atomic E-state index is 0. The Morgan fingerprint density at radius 2 is 1.80 bits per heavy atom. The Morgan fingerprint density at radius 3 is 2.46 bits per heavy atom. The van der Waals surface area contributed by atoms with Gasteiger partial charge in [-0.2, -0.15) is 5.26 Å². The molecule has 2 aromatic heterocycles. The van der Waals surface area contributed by atoms with Crippen molar-refractivity contribution in [3.8, 4) is 34.2 Å². The number of halogens is 3. The predicted molar refractivity (Wildman–Crippen MR) is 160 cm³/mol. The van der Waals surface area contributed by atoms with Crippen molar-refractivity contribution in [1.29, 1.82) is 5.26 Å². The number of hydrogen-bond donors (Lipinski definition) is 2. The van der Waals surface area contributed by atoms with Gasteiger partial charge in [0, 0.05) is 49.9 Å². The van der Waals surface area contributed by atoms with Crippen LogP contribution in [0, 0.1) is 17.1 Å². The standard InChI is InChI=1S/C30H28FN5O3.2ClH/c1-2-35-10-12-36(13-11-35)19-20-5-3-6-21(15-20)24-17-26(23-9-8-22(31)16-27(23)37)33-29(25(24)18-32)34-30(38)28-7-4-14-39-28;;/h3-9,14-17,37H,2,10-13,19H2,1H3,(H,33,34,38);2*1H. The van der Waals surface area contributed by atoms with Crippen LogP contribution in [0.4, 0.5) is 10.2 Å². The smallest absolute Gasteiger partial charge is 0.292 e. The molecule has 0 bridgehead atoms. The van der Waals surface area contributed by atoms with E-state index >= 15 is 0 Å². The molecule has 3 heterocycles. The minimum atomic E-state index is -0.594. The number of amides is 1. The van der Waals surface area contributed by atoms with Gasteiger partial charge < -0.3 is 19.7 Å². The van der Waals surface area contributed by atoms with E-state index in [2.05, 4.69) is 39.2 Å². The summed E-state index contributed by atoms with van der Waals surface area (Å²) in [5.41, 5.74) is 3.08. The number of furan rings is 1. The lowest BCUT2D eigenvalue weighted by Crippen LogP contribution is -2.45. The van der Waals surface area contributed by atoms with E-state index in [0.29, 0.717) is 5.56 Å². The number of piperazine rings is 1. The summed E-state index contributed by atoms with van der Waals surface area (Å²) < 4.78 is 18.9. The summed E-state index contributed by atoms with van der Waals surface area (Å²) in [4.78, 5) is 22.1. The second-order valence-electron chi connectivity index (χ2n) is 9.39. The number of pyridine rings is 1. The van der Waals surface area contributed by atoms with Gasteiger partial charge in [-0.05, 0) is 54.1 Å². The maximum Gasteiger partial charge on any atom is 0.292 e. The molecule has 0 aliphatic carbocycles. The quantitative estimate of drug-likeness (QED) is 0.271. The molecule has 0 atom stereocenters. The topological polar surface area (TPSA) is 106 Å². The summed E-state index contributed by atoms with van der Waals surface area (Å²) in [6, 6.07) is 18.5. The van der Waals surface area contributed by atoms with E-state index in [0.717, 1.165) is 56.5 Å². The summed E-state index contributed by atoms with van der Waals surface area (Å²) in [6.07, 6.45) is 1.37. The lowest BCUT2D eigenvalue weighted by atomic mass is 9.96. The fraction of sp³-hybridized carbons (Fsp3) is 0.233. The van der Waals surface area contributed by atoms with Gasteiger partial charge in [0.2, 0.25) is 0 Å². The number of nitriles is 1. The number of hydrogen-bond acceptors (Lipinski definition) is 7. The van der Waals surface area contributed by atoms with Gasteiger partial charge in [-0.25, -0.2) is 9.37 Å². The second-order valence-corrected chi connectivity index (χ2v) is 9.39. The highest BCUT2D eigenvalue weighted by molar-refractivity contribution is 6.03. The number of likely N-dealkylation sites (N-methyl/N-ethyl adjacent to an activating group) is 1. The lowest BCUT2D eigenvalue weighted by molar-refractivity contribution is 0.0996. The van der Waals surface area contributed by atoms with Gasteiger partial charge in [-0.15, -0.1) is 24.8 Å². The zero-order valence-electron chi connectivity index (χ0n) is 22.3. The molecule has 0 saturated carbocycles. The Morgan fingerprint density at radius 1 is 1.05 bits per heavy atom. The van der Waals surface area contributed by atoms with Gasteiger partial charge in [-0.3, -0.25) is 9.69 Å². The highest BCUT2D eigenvalue weighted by Gasteiger charge is 2.21. The third-order valence-corrected chi connectivity index (χ3v) is 6.90. The molecule has 1 aliphatic heterocycles. The number of phenolic OH excluding ortho intramolecular Hbond substituents is 1. The van der Waals surface area contributed by atoms with Crippen LogP contribution in [0.25, 0.3) is 22.4 Å². The van der Waals surface area contributed by atoms with Crippen LogP contribution in [0.2, 0.25) is 0 Å². The van der Waals surface area contributed by atoms with Crippen LogP contribution >= 0.6 is 24.8 Å². The van der Waals surface area contributed by atoms with Crippen molar-refractivity contribution >= 4 is 36.5 Å². The number of phenols is 1. The molecule has 1 amide bonds. The lowest BCUT2D eigenvalue weighted by Gasteiger charge is -2.34. The van der Waals surface area contributed by atoms with Crippen LogP contribution in [0.5, 0.6) is 5.75 Å². The van der Waals surface area contributed by atoms with E-state index in [1.807, 2.05) is 18.2 Å².